The van der Waals surface area contributed by atoms with Crippen LogP contribution in [0, 0.1) is 0 Å². The largest absolute Gasteiger partial charge is 0.289 e. The molecular formula is C20H16Br2O. The predicted octanol–water partition coefficient (Wildman–Crippen LogP) is 6.43. The van der Waals surface area contributed by atoms with E-state index in [1.54, 1.807) is 0 Å². The topological polar surface area (TPSA) is 17.1 Å². The summed E-state index contributed by atoms with van der Waals surface area (Å²) in [5, 5.41) is 0. The van der Waals surface area contributed by atoms with Crippen molar-refractivity contribution in [3.63, 3.8) is 0 Å². The first-order valence-electron chi connectivity index (χ1n) is 7.59. The van der Waals surface area contributed by atoms with Crippen molar-refractivity contribution in [3.05, 3.63) is 79.7 Å². The SMILES string of the molecule is O=C1/C(=C\c2ccc(Br)cc2)CCC/C1=C\c1ccc(Br)cc1. The Morgan fingerprint density at radius 2 is 1.09 bits per heavy atom. The third kappa shape index (κ3) is 4.30. The molecule has 0 atom stereocenters. The zero-order chi connectivity index (χ0) is 16.2. The zero-order valence-electron chi connectivity index (χ0n) is 12.6. The molecule has 0 saturated heterocycles. The second-order valence-electron chi connectivity index (χ2n) is 5.62. The molecule has 0 unspecified atom stereocenters. The highest BCUT2D eigenvalue weighted by Gasteiger charge is 2.20. The fraction of sp³-hybridized carbons (Fsp3) is 0.150. The van der Waals surface area contributed by atoms with Gasteiger partial charge < -0.3 is 0 Å². The minimum Gasteiger partial charge on any atom is -0.289 e. The third-order valence-electron chi connectivity index (χ3n) is 3.90. The summed E-state index contributed by atoms with van der Waals surface area (Å²) < 4.78 is 2.09. The molecule has 0 amide bonds. The zero-order valence-corrected chi connectivity index (χ0v) is 15.7. The number of ketones is 1. The quantitative estimate of drug-likeness (QED) is 0.500. The van der Waals surface area contributed by atoms with Gasteiger partial charge in [-0.05, 0) is 66.8 Å². The molecule has 1 nitrogen and oxygen atoms in total. The molecule has 0 radical (unpaired) electrons. The third-order valence-corrected chi connectivity index (χ3v) is 4.95. The van der Waals surface area contributed by atoms with Crippen LogP contribution >= 0.6 is 31.9 Å². The summed E-state index contributed by atoms with van der Waals surface area (Å²) in [6, 6.07) is 16.1. The van der Waals surface area contributed by atoms with Gasteiger partial charge in [0.2, 0.25) is 0 Å². The number of carbonyl (C=O) groups excluding carboxylic acids is 1. The molecule has 1 fully saturated rings. The van der Waals surface area contributed by atoms with Crippen LogP contribution in [-0.2, 0) is 4.79 Å². The molecule has 0 heterocycles. The van der Waals surface area contributed by atoms with Gasteiger partial charge in [0.1, 0.15) is 0 Å². The number of rotatable bonds is 2. The van der Waals surface area contributed by atoms with Crippen molar-refractivity contribution in [2.75, 3.05) is 0 Å². The molecule has 0 spiro atoms. The standard InChI is InChI=1S/C20H16Br2O/c21-18-8-4-14(5-9-18)12-16-2-1-3-17(20(16)23)13-15-6-10-19(22)11-7-15/h4-13H,1-3H2/b16-12-,17-13+. The molecule has 0 bridgehead atoms. The lowest BCUT2D eigenvalue weighted by atomic mass is 9.87. The Morgan fingerprint density at radius 3 is 1.48 bits per heavy atom. The van der Waals surface area contributed by atoms with Crippen molar-refractivity contribution in [1.82, 2.24) is 0 Å². The molecule has 1 aliphatic carbocycles. The maximum Gasteiger partial charge on any atom is 0.185 e. The molecule has 2 aromatic rings. The van der Waals surface area contributed by atoms with Crippen LogP contribution in [0.4, 0.5) is 0 Å². The maximum absolute atomic E-state index is 12.7. The Balaban J connectivity index is 1.86. The number of hydrogen-bond acceptors (Lipinski definition) is 1. The van der Waals surface area contributed by atoms with E-state index in [4.69, 9.17) is 0 Å². The van der Waals surface area contributed by atoms with Crippen LogP contribution in [0.3, 0.4) is 0 Å². The van der Waals surface area contributed by atoms with Crippen LogP contribution in [0.5, 0.6) is 0 Å². The highest BCUT2D eigenvalue weighted by Crippen LogP contribution is 2.28. The summed E-state index contributed by atoms with van der Waals surface area (Å²) in [5.41, 5.74) is 3.95. The molecule has 3 heteroatoms. The summed E-state index contributed by atoms with van der Waals surface area (Å²) in [7, 11) is 0. The molecule has 116 valence electrons. The van der Waals surface area contributed by atoms with Gasteiger partial charge in [0.25, 0.3) is 0 Å². The molecular weight excluding hydrogens is 416 g/mol. The van der Waals surface area contributed by atoms with Crippen LogP contribution in [-0.4, -0.2) is 5.78 Å². The second kappa shape index (κ2) is 7.41. The highest BCUT2D eigenvalue weighted by molar-refractivity contribution is 9.10. The molecule has 0 aromatic heterocycles. The van der Waals surface area contributed by atoms with Gasteiger partial charge in [-0.2, -0.15) is 0 Å². The highest BCUT2D eigenvalue weighted by atomic mass is 79.9. The van der Waals surface area contributed by atoms with E-state index in [1.165, 1.54) is 0 Å². The van der Waals surface area contributed by atoms with E-state index in [1.807, 2.05) is 60.7 Å². The van der Waals surface area contributed by atoms with Crippen LogP contribution in [0.1, 0.15) is 30.4 Å². The molecule has 0 aliphatic heterocycles. The number of halogens is 2. The van der Waals surface area contributed by atoms with Crippen LogP contribution in [0.15, 0.2) is 68.6 Å². The lowest BCUT2D eigenvalue weighted by molar-refractivity contribution is -0.112. The van der Waals surface area contributed by atoms with Crippen LogP contribution in [0.25, 0.3) is 12.2 Å². The molecule has 1 aliphatic rings. The summed E-state index contributed by atoms with van der Waals surface area (Å²) in [4.78, 5) is 12.7. The first-order chi connectivity index (χ1) is 11.1. The Hall–Kier alpha value is -1.45. The Labute approximate surface area is 153 Å². The lowest BCUT2D eigenvalue weighted by Gasteiger charge is -2.16. The van der Waals surface area contributed by atoms with E-state index < -0.39 is 0 Å². The van der Waals surface area contributed by atoms with Crippen molar-refractivity contribution < 1.29 is 4.79 Å². The molecule has 3 rings (SSSR count). The number of allylic oxidation sites excluding steroid dienone is 2. The predicted molar refractivity (Wildman–Crippen MR) is 103 cm³/mol. The average molecular weight is 432 g/mol. The van der Waals surface area contributed by atoms with E-state index in [2.05, 4.69) is 31.9 Å². The lowest BCUT2D eigenvalue weighted by Crippen LogP contribution is -2.12. The number of carbonyl (C=O) groups is 1. The van der Waals surface area contributed by atoms with Crippen LogP contribution < -0.4 is 0 Å². The van der Waals surface area contributed by atoms with Gasteiger partial charge in [-0.15, -0.1) is 0 Å². The van der Waals surface area contributed by atoms with Crippen LogP contribution in [0.2, 0.25) is 0 Å². The van der Waals surface area contributed by atoms with Gasteiger partial charge in [0.15, 0.2) is 5.78 Å². The van der Waals surface area contributed by atoms with Crippen molar-refractivity contribution in [2.24, 2.45) is 0 Å². The Morgan fingerprint density at radius 1 is 0.696 bits per heavy atom. The Bertz CT molecular complexity index is 703. The minimum absolute atomic E-state index is 0.182. The van der Waals surface area contributed by atoms with Crippen molar-refractivity contribution in [1.29, 1.82) is 0 Å². The van der Waals surface area contributed by atoms with Gasteiger partial charge in [-0.25, -0.2) is 0 Å². The first-order valence-corrected chi connectivity index (χ1v) is 9.17. The van der Waals surface area contributed by atoms with Gasteiger partial charge in [0, 0.05) is 20.1 Å². The second-order valence-corrected chi connectivity index (χ2v) is 7.46. The number of hydrogen-bond donors (Lipinski definition) is 0. The fourth-order valence-corrected chi connectivity index (χ4v) is 3.23. The van der Waals surface area contributed by atoms with Gasteiger partial charge in [-0.1, -0.05) is 56.1 Å². The van der Waals surface area contributed by atoms with Crippen molar-refractivity contribution in [3.8, 4) is 0 Å². The molecule has 0 N–H and O–H groups in total. The molecule has 2 aromatic carbocycles. The van der Waals surface area contributed by atoms with E-state index in [-0.39, 0.29) is 5.78 Å². The van der Waals surface area contributed by atoms with Gasteiger partial charge >= 0.3 is 0 Å². The first kappa shape index (κ1) is 16.4. The minimum atomic E-state index is 0.182. The summed E-state index contributed by atoms with van der Waals surface area (Å²) >= 11 is 6.87. The van der Waals surface area contributed by atoms with Gasteiger partial charge in [-0.3, -0.25) is 4.79 Å². The monoisotopic (exact) mass is 430 g/mol. The van der Waals surface area contributed by atoms with E-state index in [9.17, 15) is 4.79 Å². The average Bonchev–Trinajstić information content (AvgIpc) is 2.55. The Kier molecular flexibility index (Phi) is 5.29. The van der Waals surface area contributed by atoms with E-state index in [0.717, 1.165) is 50.5 Å². The number of benzene rings is 2. The normalized spacial score (nSPS) is 18.6. The molecule has 23 heavy (non-hydrogen) atoms. The van der Waals surface area contributed by atoms with E-state index >= 15 is 0 Å². The smallest absolute Gasteiger partial charge is 0.185 e. The van der Waals surface area contributed by atoms with Crippen molar-refractivity contribution >= 4 is 49.8 Å². The van der Waals surface area contributed by atoms with Gasteiger partial charge in [0.05, 0.1) is 0 Å². The summed E-state index contributed by atoms with van der Waals surface area (Å²) in [6.07, 6.45) is 6.77. The molecule has 1 saturated carbocycles. The maximum atomic E-state index is 12.7. The summed E-state index contributed by atoms with van der Waals surface area (Å²) in [5.74, 6) is 0.182. The fourth-order valence-electron chi connectivity index (χ4n) is 2.70. The number of Topliss-reactive ketones (excluding diaryl/α,β-unsaturated/α-hetero) is 1. The van der Waals surface area contributed by atoms with Crippen molar-refractivity contribution in [2.45, 2.75) is 19.3 Å². The van der Waals surface area contributed by atoms with E-state index in [0.29, 0.717) is 0 Å². The summed E-state index contributed by atoms with van der Waals surface area (Å²) in [6.45, 7) is 0.